The number of oxime groups is 1. The number of esters is 1. The lowest BCUT2D eigenvalue weighted by atomic mass is 9.87. The van der Waals surface area contributed by atoms with Crippen molar-refractivity contribution in [2.24, 2.45) is 10.6 Å². The molecule has 3 rings (SSSR count). The summed E-state index contributed by atoms with van der Waals surface area (Å²) in [5, 5.41) is 17.2. The van der Waals surface area contributed by atoms with Crippen LogP contribution in [-0.4, -0.2) is 80.4 Å². The predicted octanol–water partition coefficient (Wildman–Crippen LogP) is 1.01. The van der Waals surface area contributed by atoms with Crippen LogP contribution in [0, 0.1) is 5.41 Å². The first kappa shape index (κ1) is 26.8. The van der Waals surface area contributed by atoms with Gasteiger partial charge in [-0.1, -0.05) is 22.8 Å². The number of carboxylic acids is 1. The van der Waals surface area contributed by atoms with Crippen molar-refractivity contribution in [1.29, 1.82) is 0 Å². The number of rotatable bonds is 8. The van der Waals surface area contributed by atoms with E-state index in [1.807, 2.05) is 0 Å². The van der Waals surface area contributed by atoms with Crippen molar-refractivity contribution >= 4 is 69.3 Å². The van der Waals surface area contributed by atoms with Gasteiger partial charge in [-0.15, -0.1) is 23.1 Å². The number of aromatic nitrogens is 1. The molecule has 3 atom stereocenters. The quantitative estimate of drug-likeness (QED) is 0.185. The lowest BCUT2D eigenvalue weighted by molar-refractivity contribution is -0.160. The Morgan fingerprint density at radius 2 is 2.17 bits per heavy atom. The second-order valence-electron chi connectivity index (χ2n) is 8.74. The van der Waals surface area contributed by atoms with Crippen LogP contribution in [0.1, 0.15) is 26.5 Å². The summed E-state index contributed by atoms with van der Waals surface area (Å²) >= 11 is 7.89. The monoisotopic (exact) mass is 545 g/mol. The number of nitrogens with one attached hydrogen (secondary N) is 1. The van der Waals surface area contributed by atoms with Gasteiger partial charge in [0.05, 0.1) is 0 Å². The van der Waals surface area contributed by atoms with Crippen molar-refractivity contribution in [3.63, 3.8) is 0 Å². The molecule has 2 aliphatic rings. The van der Waals surface area contributed by atoms with E-state index in [0.717, 1.165) is 16.9 Å². The fourth-order valence-electron chi connectivity index (χ4n) is 3.35. The molecule has 0 spiro atoms. The number of thioether (sulfide) groups is 1. The van der Waals surface area contributed by atoms with E-state index in [9.17, 15) is 24.3 Å². The van der Waals surface area contributed by atoms with Gasteiger partial charge in [-0.25, -0.2) is 9.78 Å². The number of ether oxygens (including phenoxy) is 1. The first-order chi connectivity index (χ1) is 16.4. The second kappa shape index (κ2) is 10.4. The van der Waals surface area contributed by atoms with Gasteiger partial charge in [0.1, 0.15) is 28.1 Å². The van der Waals surface area contributed by atoms with Crippen LogP contribution in [0.2, 0.25) is 0 Å². The van der Waals surface area contributed by atoms with E-state index in [2.05, 4.69) is 15.5 Å². The number of fused-ring (bicyclic) bond motifs is 1. The van der Waals surface area contributed by atoms with Gasteiger partial charge >= 0.3 is 11.9 Å². The number of nitrogens with two attached hydrogens (primary N) is 1. The van der Waals surface area contributed by atoms with Crippen LogP contribution in [0.15, 0.2) is 22.1 Å². The summed E-state index contributed by atoms with van der Waals surface area (Å²) < 4.78 is 5.13. The minimum atomic E-state index is -1.31. The Labute approximate surface area is 213 Å². The molecule has 12 nitrogen and oxygen atoms in total. The van der Waals surface area contributed by atoms with Crippen molar-refractivity contribution in [3.05, 3.63) is 22.7 Å². The molecule has 0 bridgehead atoms. The number of halogens is 1. The number of anilines is 1. The topological polar surface area (TPSA) is 174 Å². The van der Waals surface area contributed by atoms with E-state index in [-0.39, 0.29) is 28.8 Å². The van der Waals surface area contributed by atoms with Crippen molar-refractivity contribution in [2.45, 2.75) is 37.8 Å². The van der Waals surface area contributed by atoms with Crippen LogP contribution in [0.4, 0.5) is 5.13 Å². The fourth-order valence-corrected chi connectivity index (χ4v) is 5.65. The number of carboxylic acid groups (broad SMARTS) is 1. The highest BCUT2D eigenvalue weighted by Gasteiger charge is 2.56. The number of carbonyl (C=O) groups is 4. The minimum Gasteiger partial charge on any atom is -0.481 e. The van der Waals surface area contributed by atoms with Crippen LogP contribution in [0.3, 0.4) is 0 Å². The number of β-lactam (4-membered cyclic amide) rings is 1. The first-order valence-electron chi connectivity index (χ1n) is 10.2. The highest BCUT2D eigenvalue weighted by molar-refractivity contribution is 8.00. The summed E-state index contributed by atoms with van der Waals surface area (Å²) in [6.45, 7) is 4.46. The molecule has 0 aliphatic carbocycles. The molecule has 1 aromatic heterocycles. The Morgan fingerprint density at radius 1 is 1.46 bits per heavy atom. The zero-order valence-corrected chi connectivity index (χ0v) is 21.4. The molecular formula is C20H24ClN5O7S2. The number of amides is 2. The smallest absolute Gasteiger partial charge is 0.347 e. The van der Waals surface area contributed by atoms with Gasteiger partial charge in [-0.3, -0.25) is 14.4 Å². The Morgan fingerprint density at radius 3 is 2.74 bits per heavy atom. The van der Waals surface area contributed by atoms with Gasteiger partial charge < -0.3 is 30.6 Å². The lowest BCUT2D eigenvalue weighted by Crippen LogP contribution is -2.73. The van der Waals surface area contributed by atoms with E-state index in [1.165, 1.54) is 28.1 Å². The molecule has 35 heavy (non-hydrogen) atoms. The summed E-state index contributed by atoms with van der Waals surface area (Å²) in [6, 6.07) is -0.911. The third-order valence-corrected chi connectivity index (χ3v) is 7.29. The number of thiazole rings is 1. The zero-order valence-electron chi connectivity index (χ0n) is 19.0. The number of nitrogen functional groups attached to an aromatic ring is 1. The van der Waals surface area contributed by atoms with Crippen LogP contribution in [0.5, 0.6) is 0 Å². The van der Waals surface area contributed by atoms with Crippen molar-refractivity contribution in [3.8, 4) is 0 Å². The highest BCUT2D eigenvalue weighted by Crippen LogP contribution is 2.43. The average molecular weight is 546 g/mol. The van der Waals surface area contributed by atoms with Gasteiger partial charge in [0.2, 0.25) is 12.5 Å². The number of hydrogen-bond donors (Lipinski definition) is 3. The largest absolute Gasteiger partial charge is 0.481 e. The molecule has 4 N–H and O–H groups in total. The number of hydrogen-bond acceptors (Lipinski definition) is 11. The van der Waals surface area contributed by atoms with E-state index in [1.54, 1.807) is 20.8 Å². The van der Waals surface area contributed by atoms with E-state index < -0.39 is 52.8 Å². The molecule has 0 saturated carbocycles. The van der Waals surface area contributed by atoms with Crippen LogP contribution in [0.25, 0.3) is 0 Å². The molecule has 0 aromatic carbocycles. The second-order valence-corrected chi connectivity index (χ2v) is 11.0. The van der Waals surface area contributed by atoms with E-state index >= 15 is 0 Å². The maximum Gasteiger partial charge on any atom is 0.347 e. The SMILES string of the molecule is CC(C)(C)OC(=O)CON=C(C(=O)NC1C(=O)N2CC(C=CCl)(C(=O)O)CS[C@H]12)c1csc(N)n1. The Bertz CT molecular complexity index is 1090. The molecule has 190 valence electrons. The predicted molar refractivity (Wildman–Crippen MR) is 130 cm³/mol. The van der Waals surface area contributed by atoms with Gasteiger partial charge in [0.25, 0.3) is 5.91 Å². The number of nitrogens with zero attached hydrogens (tertiary/aromatic N) is 3. The maximum atomic E-state index is 13.0. The molecule has 15 heteroatoms. The van der Waals surface area contributed by atoms with E-state index in [4.69, 9.17) is 26.9 Å². The average Bonchev–Trinajstić information content (AvgIpc) is 3.19. The lowest BCUT2D eigenvalue weighted by Gasteiger charge is -2.53. The normalized spacial score (nSPS) is 24.5. The maximum absolute atomic E-state index is 13.0. The number of carbonyl (C=O) groups excluding carboxylic acids is 3. The molecule has 2 unspecified atom stereocenters. The van der Waals surface area contributed by atoms with Crippen LogP contribution < -0.4 is 11.1 Å². The third-order valence-electron chi connectivity index (χ3n) is 4.94. The molecular weight excluding hydrogens is 522 g/mol. The summed E-state index contributed by atoms with van der Waals surface area (Å²) in [7, 11) is 0. The standard InChI is InChI=1S/C20H24ClN5O7S2/c1-19(2,3)33-11(27)6-32-25-12(10-7-34-18(22)23-10)14(28)24-13-15(29)26-8-20(4-5-21,17(30)31)9-35-16(13)26/h4-5,7,13,16H,6,8-9H2,1-3H3,(H2,22,23)(H,24,28)(H,30,31)/t13?,16-,20?/m1/s1. The number of aliphatic carboxylic acids is 1. The first-order valence-corrected chi connectivity index (χ1v) is 12.6. The molecule has 0 radical (unpaired) electrons. The fraction of sp³-hybridized carbons (Fsp3) is 0.500. The Balaban J connectivity index is 1.70. The summed E-state index contributed by atoms with van der Waals surface area (Å²) in [4.78, 5) is 59.8. The van der Waals surface area contributed by atoms with Crippen LogP contribution >= 0.6 is 34.7 Å². The molecule has 3 heterocycles. The summed E-state index contributed by atoms with van der Waals surface area (Å²) in [5.74, 6) is -2.84. The van der Waals surface area contributed by atoms with Crippen molar-refractivity contribution < 1.29 is 33.9 Å². The Hall–Kier alpha value is -2.84. The van der Waals surface area contributed by atoms with E-state index in [0.29, 0.717) is 0 Å². The van der Waals surface area contributed by atoms with Crippen LogP contribution in [-0.2, 0) is 28.8 Å². The third kappa shape index (κ3) is 6.05. The molecule has 2 saturated heterocycles. The minimum absolute atomic E-state index is 0.0724. The van der Waals surface area contributed by atoms with Gasteiger partial charge in [-0.05, 0) is 20.8 Å². The summed E-state index contributed by atoms with van der Waals surface area (Å²) in [5.41, 5.74) is 4.58. The Kier molecular flexibility index (Phi) is 7.97. The van der Waals surface area contributed by atoms with Gasteiger partial charge in [-0.2, -0.15) is 0 Å². The van der Waals surface area contributed by atoms with Crippen molar-refractivity contribution in [1.82, 2.24) is 15.2 Å². The summed E-state index contributed by atoms with van der Waals surface area (Å²) in [6.07, 6.45) is 1.35. The molecule has 2 aliphatic heterocycles. The molecule has 2 fully saturated rings. The highest BCUT2D eigenvalue weighted by atomic mass is 35.5. The van der Waals surface area contributed by atoms with Gasteiger partial charge in [0.15, 0.2) is 10.8 Å². The van der Waals surface area contributed by atoms with Gasteiger partial charge in [0, 0.05) is 23.2 Å². The molecule has 2 amide bonds. The van der Waals surface area contributed by atoms with Crippen molar-refractivity contribution in [2.75, 3.05) is 24.6 Å². The zero-order chi connectivity index (χ0) is 26.0. The molecule has 1 aromatic rings.